The van der Waals surface area contributed by atoms with Crippen molar-refractivity contribution >= 4 is 43.1 Å². The van der Waals surface area contributed by atoms with Gasteiger partial charge in [-0.2, -0.15) is 0 Å². The van der Waals surface area contributed by atoms with Gasteiger partial charge in [0.05, 0.1) is 0 Å². The van der Waals surface area contributed by atoms with E-state index in [0.717, 1.165) is 0 Å². The predicted octanol–water partition coefficient (Wildman–Crippen LogP) is 13.2. The molecule has 0 aliphatic heterocycles. The SMILES string of the molecule is Cc1cc(C(C)(C)C)cc2[cH-]c3cc(C(C)(C)C)ccc3c12.Cc1cc(C(C)(C)C)cc2[cH-]c3cc(C(C)(C)C)ccc3c12.[Zr+2]. The summed E-state index contributed by atoms with van der Waals surface area (Å²) in [6, 6.07) is 28.1. The van der Waals surface area contributed by atoms with Gasteiger partial charge >= 0.3 is 26.2 Å². The van der Waals surface area contributed by atoms with Gasteiger partial charge in [0.1, 0.15) is 0 Å². The minimum atomic E-state index is 0. The minimum absolute atomic E-state index is 0. The molecule has 6 aromatic rings. The van der Waals surface area contributed by atoms with Gasteiger partial charge in [-0.15, -0.1) is 79.5 Å². The molecule has 6 aromatic carbocycles. The molecule has 234 valence electrons. The Balaban J connectivity index is 0.000000200. The van der Waals surface area contributed by atoms with Gasteiger partial charge in [-0.3, -0.25) is 0 Å². The van der Waals surface area contributed by atoms with Crippen molar-refractivity contribution in [2.45, 2.75) is 119 Å². The first kappa shape index (κ1) is 35.4. The van der Waals surface area contributed by atoms with Gasteiger partial charge in [0, 0.05) is 0 Å². The fraction of sp³-hybridized carbons (Fsp3) is 0.409. The van der Waals surface area contributed by atoms with Crippen LogP contribution < -0.4 is 0 Å². The second kappa shape index (κ2) is 11.9. The van der Waals surface area contributed by atoms with Crippen LogP contribution in [0.3, 0.4) is 0 Å². The van der Waals surface area contributed by atoms with Crippen LogP contribution in [0.15, 0.2) is 72.8 Å². The molecule has 0 aromatic heterocycles. The van der Waals surface area contributed by atoms with Gasteiger partial charge in [0.15, 0.2) is 0 Å². The van der Waals surface area contributed by atoms with E-state index >= 15 is 0 Å². The Morgan fingerprint density at radius 2 is 0.667 bits per heavy atom. The molecular weight excluding hydrogens is 620 g/mol. The van der Waals surface area contributed by atoms with E-state index in [9.17, 15) is 0 Å². The summed E-state index contributed by atoms with van der Waals surface area (Å²) in [7, 11) is 0. The summed E-state index contributed by atoms with van der Waals surface area (Å²) < 4.78 is 0. The molecule has 0 saturated heterocycles. The first-order valence-electron chi connectivity index (χ1n) is 16.4. The van der Waals surface area contributed by atoms with Gasteiger partial charge in [0.2, 0.25) is 0 Å². The number of fused-ring (bicyclic) bond motifs is 6. The normalized spacial score (nSPS) is 12.9. The first-order valence-corrected chi connectivity index (χ1v) is 16.4. The topological polar surface area (TPSA) is 0 Å². The van der Waals surface area contributed by atoms with Crippen molar-refractivity contribution in [2.75, 3.05) is 0 Å². The van der Waals surface area contributed by atoms with E-state index in [1.165, 1.54) is 76.5 Å². The van der Waals surface area contributed by atoms with E-state index in [4.69, 9.17) is 0 Å². The second-order valence-electron chi connectivity index (χ2n) is 17.4. The molecule has 45 heavy (non-hydrogen) atoms. The van der Waals surface area contributed by atoms with Crippen LogP contribution in [0.2, 0.25) is 0 Å². The fourth-order valence-electron chi connectivity index (χ4n) is 6.55. The number of hydrogen-bond acceptors (Lipinski definition) is 0. The molecule has 0 aliphatic carbocycles. The molecular formula is C44H54Zr. The monoisotopic (exact) mass is 672 g/mol. The molecule has 0 amide bonds. The summed E-state index contributed by atoms with van der Waals surface area (Å²) in [5.41, 5.74) is 9.22. The summed E-state index contributed by atoms with van der Waals surface area (Å²) in [5, 5.41) is 11.1. The Morgan fingerprint density at radius 3 is 0.956 bits per heavy atom. The molecule has 0 aliphatic rings. The molecule has 0 N–H and O–H groups in total. The molecule has 0 nitrogen and oxygen atoms in total. The quantitative estimate of drug-likeness (QED) is 0.141. The van der Waals surface area contributed by atoms with Crippen LogP contribution in [0.4, 0.5) is 0 Å². The van der Waals surface area contributed by atoms with Crippen molar-refractivity contribution in [3.05, 3.63) is 106 Å². The molecule has 1 heteroatoms. The van der Waals surface area contributed by atoms with E-state index < -0.39 is 0 Å². The largest absolute Gasteiger partial charge is 2.00 e. The Morgan fingerprint density at radius 1 is 0.378 bits per heavy atom. The summed E-state index contributed by atoms with van der Waals surface area (Å²) in [6.45, 7) is 31.9. The third-order valence-corrected chi connectivity index (χ3v) is 9.46. The van der Waals surface area contributed by atoms with Crippen LogP contribution in [-0.2, 0) is 47.9 Å². The van der Waals surface area contributed by atoms with Gasteiger partial charge in [0.25, 0.3) is 0 Å². The average molecular weight is 674 g/mol. The maximum absolute atomic E-state index is 2.37. The van der Waals surface area contributed by atoms with Crippen molar-refractivity contribution in [2.24, 2.45) is 0 Å². The zero-order chi connectivity index (χ0) is 32.6. The van der Waals surface area contributed by atoms with Crippen molar-refractivity contribution in [1.29, 1.82) is 0 Å². The van der Waals surface area contributed by atoms with E-state index in [2.05, 4.69) is 170 Å². The first-order chi connectivity index (χ1) is 20.1. The number of benzene rings is 4. The van der Waals surface area contributed by atoms with E-state index in [1.807, 2.05) is 0 Å². The Labute approximate surface area is 292 Å². The van der Waals surface area contributed by atoms with Gasteiger partial charge < -0.3 is 0 Å². The minimum Gasteiger partial charge on any atom is -0.126 e. The maximum Gasteiger partial charge on any atom is 2.00 e. The maximum atomic E-state index is 2.37. The number of rotatable bonds is 0. The molecule has 0 fully saturated rings. The molecule has 0 unspecified atom stereocenters. The molecule has 0 atom stereocenters. The van der Waals surface area contributed by atoms with Gasteiger partial charge in [-0.1, -0.05) is 153 Å². The Hall–Kier alpha value is -2.50. The van der Waals surface area contributed by atoms with Crippen LogP contribution in [0.25, 0.3) is 43.1 Å². The fourth-order valence-corrected chi connectivity index (χ4v) is 6.55. The van der Waals surface area contributed by atoms with E-state index in [-0.39, 0.29) is 47.9 Å². The van der Waals surface area contributed by atoms with Crippen molar-refractivity contribution in [3.8, 4) is 0 Å². The molecule has 0 radical (unpaired) electrons. The van der Waals surface area contributed by atoms with E-state index in [0.29, 0.717) is 0 Å². The molecule has 0 saturated carbocycles. The summed E-state index contributed by atoms with van der Waals surface area (Å²) in [4.78, 5) is 0. The standard InChI is InChI=1S/2C22H27.Zr/c2*1-14-10-18(22(5,6)7)13-16-11-15-12-17(21(2,3)4)8-9-19(15)20(14)16;/h2*8-13H,1-7H3;/q2*-1;+2. The van der Waals surface area contributed by atoms with Crippen molar-refractivity contribution in [3.63, 3.8) is 0 Å². The zero-order valence-corrected chi connectivity index (χ0v) is 32.9. The average Bonchev–Trinajstić information content (AvgIpc) is 3.44. The smallest absolute Gasteiger partial charge is 0.126 e. The van der Waals surface area contributed by atoms with Crippen LogP contribution in [0.1, 0.15) is 116 Å². The van der Waals surface area contributed by atoms with E-state index in [1.54, 1.807) is 0 Å². The van der Waals surface area contributed by atoms with Crippen LogP contribution >= 0.6 is 0 Å². The molecule has 6 rings (SSSR count). The second-order valence-corrected chi connectivity index (χ2v) is 17.4. The van der Waals surface area contributed by atoms with Gasteiger partial charge in [-0.05, 0) is 35.5 Å². The number of aryl methyl sites for hydroxylation is 2. The summed E-state index contributed by atoms with van der Waals surface area (Å²) >= 11 is 0. The molecule has 0 spiro atoms. The predicted molar refractivity (Wildman–Crippen MR) is 198 cm³/mol. The Kier molecular flexibility index (Phi) is 9.38. The number of hydrogen-bond donors (Lipinski definition) is 0. The van der Waals surface area contributed by atoms with Crippen molar-refractivity contribution < 1.29 is 26.2 Å². The summed E-state index contributed by atoms with van der Waals surface area (Å²) in [6.07, 6.45) is 0. The van der Waals surface area contributed by atoms with Crippen LogP contribution in [-0.4, -0.2) is 0 Å². The third-order valence-electron chi connectivity index (χ3n) is 9.46. The molecule has 0 heterocycles. The zero-order valence-electron chi connectivity index (χ0n) is 30.4. The Bertz CT molecular complexity index is 1850. The van der Waals surface area contributed by atoms with Crippen molar-refractivity contribution in [1.82, 2.24) is 0 Å². The summed E-state index contributed by atoms with van der Waals surface area (Å²) in [5.74, 6) is 0. The third kappa shape index (κ3) is 7.10. The van der Waals surface area contributed by atoms with Crippen LogP contribution in [0, 0.1) is 13.8 Å². The van der Waals surface area contributed by atoms with Gasteiger partial charge in [-0.25, -0.2) is 0 Å². The van der Waals surface area contributed by atoms with Crippen LogP contribution in [0.5, 0.6) is 0 Å². The molecule has 0 bridgehead atoms.